The molecule has 5 nitrogen and oxygen atoms in total. The van der Waals surface area contributed by atoms with E-state index in [2.05, 4.69) is 16.0 Å². The van der Waals surface area contributed by atoms with Gasteiger partial charge in [-0.1, -0.05) is 30.3 Å². The first-order valence-electron chi connectivity index (χ1n) is 7.47. The van der Waals surface area contributed by atoms with Crippen LogP contribution in [0.1, 0.15) is 18.1 Å². The van der Waals surface area contributed by atoms with Crippen LogP contribution in [0.15, 0.2) is 48.5 Å². The van der Waals surface area contributed by atoms with Crippen LogP contribution in [-0.2, 0) is 4.79 Å². The zero-order valence-corrected chi connectivity index (χ0v) is 13.5. The van der Waals surface area contributed by atoms with Gasteiger partial charge < -0.3 is 16.0 Å². The summed E-state index contributed by atoms with van der Waals surface area (Å²) in [4.78, 5) is 24.1. The molecule has 0 aliphatic rings. The van der Waals surface area contributed by atoms with E-state index in [-0.39, 0.29) is 5.91 Å². The van der Waals surface area contributed by atoms with Crippen LogP contribution in [0.5, 0.6) is 0 Å². The van der Waals surface area contributed by atoms with Crippen LogP contribution in [0.2, 0.25) is 0 Å². The second-order valence-electron chi connectivity index (χ2n) is 5.42. The van der Waals surface area contributed by atoms with Crippen molar-refractivity contribution in [3.8, 4) is 0 Å². The van der Waals surface area contributed by atoms with Crippen molar-refractivity contribution >= 4 is 23.3 Å². The summed E-state index contributed by atoms with van der Waals surface area (Å²) in [7, 11) is 0. The topological polar surface area (TPSA) is 70.2 Å². The van der Waals surface area contributed by atoms with E-state index in [1.165, 1.54) is 0 Å². The highest BCUT2D eigenvalue weighted by molar-refractivity contribution is 5.99. The summed E-state index contributed by atoms with van der Waals surface area (Å²) < 4.78 is 0. The smallest absolute Gasteiger partial charge is 0.319 e. The van der Waals surface area contributed by atoms with Crippen LogP contribution in [0.3, 0.4) is 0 Å². The summed E-state index contributed by atoms with van der Waals surface area (Å²) >= 11 is 0. The van der Waals surface area contributed by atoms with Gasteiger partial charge in [0.1, 0.15) is 6.04 Å². The fourth-order valence-electron chi connectivity index (χ4n) is 2.08. The molecule has 3 N–H and O–H groups in total. The number of rotatable bonds is 4. The van der Waals surface area contributed by atoms with E-state index >= 15 is 0 Å². The van der Waals surface area contributed by atoms with Gasteiger partial charge in [0.05, 0.1) is 0 Å². The number of urea groups is 1. The molecular weight excluding hydrogens is 290 g/mol. The van der Waals surface area contributed by atoms with Gasteiger partial charge in [-0.15, -0.1) is 0 Å². The van der Waals surface area contributed by atoms with Gasteiger partial charge in [-0.2, -0.15) is 0 Å². The first kappa shape index (κ1) is 16.5. The molecule has 1 unspecified atom stereocenters. The summed E-state index contributed by atoms with van der Waals surface area (Å²) in [6.07, 6.45) is 0. The molecule has 120 valence electrons. The first-order chi connectivity index (χ1) is 11.0. The van der Waals surface area contributed by atoms with Crippen LogP contribution in [0.25, 0.3) is 0 Å². The molecule has 3 amide bonds. The van der Waals surface area contributed by atoms with Gasteiger partial charge in [0, 0.05) is 11.4 Å². The minimum atomic E-state index is -0.654. The highest BCUT2D eigenvalue weighted by atomic mass is 16.2. The predicted octanol–water partition coefficient (Wildman–Crippen LogP) is 3.45. The Morgan fingerprint density at radius 3 is 2.30 bits per heavy atom. The van der Waals surface area contributed by atoms with Crippen molar-refractivity contribution in [3.63, 3.8) is 0 Å². The molecule has 0 saturated heterocycles. The summed E-state index contributed by atoms with van der Waals surface area (Å²) in [5.41, 5.74) is 3.55. The van der Waals surface area contributed by atoms with Crippen LogP contribution in [-0.4, -0.2) is 18.0 Å². The number of benzene rings is 2. The van der Waals surface area contributed by atoms with Crippen molar-refractivity contribution in [1.29, 1.82) is 0 Å². The lowest BCUT2D eigenvalue weighted by Crippen LogP contribution is -2.43. The molecule has 5 heteroatoms. The lowest BCUT2D eigenvalue weighted by atomic mass is 10.1. The molecule has 0 heterocycles. The average Bonchev–Trinajstić information content (AvgIpc) is 2.52. The van der Waals surface area contributed by atoms with Crippen molar-refractivity contribution in [2.24, 2.45) is 0 Å². The van der Waals surface area contributed by atoms with E-state index in [4.69, 9.17) is 0 Å². The lowest BCUT2D eigenvalue weighted by Gasteiger charge is -2.16. The Labute approximate surface area is 136 Å². The first-order valence-corrected chi connectivity index (χ1v) is 7.47. The number of carbonyl (C=O) groups is 2. The van der Waals surface area contributed by atoms with Crippen LogP contribution in [0, 0.1) is 13.8 Å². The van der Waals surface area contributed by atoms with Crippen molar-refractivity contribution in [2.45, 2.75) is 26.8 Å². The Kier molecular flexibility index (Phi) is 5.36. The summed E-state index contributed by atoms with van der Waals surface area (Å²) in [6, 6.07) is 13.7. The van der Waals surface area contributed by atoms with Gasteiger partial charge in [0.2, 0.25) is 5.91 Å². The van der Waals surface area contributed by atoms with E-state index in [0.29, 0.717) is 5.69 Å². The molecule has 0 radical (unpaired) electrons. The third kappa shape index (κ3) is 4.57. The highest BCUT2D eigenvalue weighted by Gasteiger charge is 2.16. The number of hydrogen-bond acceptors (Lipinski definition) is 2. The molecule has 0 saturated carbocycles. The highest BCUT2D eigenvalue weighted by Crippen LogP contribution is 2.18. The van der Waals surface area contributed by atoms with Gasteiger partial charge >= 0.3 is 6.03 Å². The maximum Gasteiger partial charge on any atom is 0.319 e. The van der Waals surface area contributed by atoms with Gasteiger partial charge in [0.25, 0.3) is 0 Å². The molecule has 23 heavy (non-hydrogen) atoms. The monoisotopic (exact) mass is 311 g/mol. The molecule has 0 aliphatic carbocycles. The molecule has 0 fully saturated rings. The quantitative estimate of drug-likeness (QED) is 0.809. The van der Waals surface area contributed by atoms with Gasteiger partial charge in [-0.3, -0.25) is 4.79 Å². The molecule has 1 atom stereocenters. The fraction of sp³-hybridized carbons (Fsp3) is 0.222. The molecule has 0 bridgehead atoms. The van der Waals surface area contributed by atoms with Crippen LogP contribution >= 0.6 is 0 Å². The largest absolute Gasteiger partial charge is 0.326 e. The molecule has 0 aromatic heterocycles. The second kappa shape index (κ2) is 7.45. The SMILES string of the molecule is Cc1cccc(NC(=O)C(C)NC(=O)Nc2ccccc2)c1C. The summed E-state index contributed by atoms with van der Waals surface area (Å²) in [6.45, 7) is 5.58. The van der Waals surface area contributed by atoms with E-state index in [1.54, 1.807) is 19.1 Å². The number of para-hydroxylation sites is 1. The van der Waals surface area contributed by atoms with E-state index < -0.39 is 12.1 Å². The average molecular weight is 311 g/mol. The third-order valence-electron chi connectivity index (χ3n) is 3.64. The van der Waals surface area contributed by atoms with E-state index in [0.717, 1.165) is 16.8 Å². The molecule has 0 aliphatic heterocycles. The van der Waals surface area contributed by atoms with Crippen molar-refractivity contribution in [3.05, 3.63) is 59.7 Å². The number of carbonyl (C=O) groups excluding carboxylic acids is 2. The Morgan fingerprint density at radius 1 is 0.913 bits per heavy atom. The standard InChI is InChI=1S/C18H21N3O2/c1-12-8-7-11-16(13(12)2)21-17(22)14(3)19-18(23)20-15-9-5-4-6-10-15/h4-11,14H,1-3H3,(H,21,22)(H2,19,20,23). The number of nitrogens with one attached hydrogen (secondary N) is 3. The van der Waals surface area contributed by atoms with Crippen molar-refractivity contribution < 1.29 is 9.59 Å². The van der Waals surface area contributed by atoms with Crippen LogP contribution < -0.4 is 16.0 Å². The van der Waals surface area contributed by atoms with Gasteiger partial charge in [-0.25, -0.2) is 4.79 Å². The number of amides is 3. The van der Waals surface area contributed by atoms with Gasteiger partial charge in [0.15, 0.2) is 0 Å². The third-order valence-corrected chi connectivity index (χ3v) is 3.64. The Morgan fingerprint density at radius 2 is 1.61 bits per heavy atom. The van der Waals surface area contributed by atoms with Crippen LogP contribution in [0.4, 0.5) is 16.2 Å². The maximum atomic E-state index is 12.2. The Hall–Kier alpha value is -2.82. The molecular formula is C18H21N3O2. The zero-order chi connectivity index (χ0) is 16.8. The number of hydrogen-bond donors (Lipinski definition) is 3. The normalized spacial score (nSPS) is 11.4. The van der Waals surface area contributed by atoms with E-state index in [1.807, 2.05) is 50.2 Å². The van der Waals surface area contributed by atoms with Crippen molar-refractivity contribution in [1.82, 2.24) is 5.32 Å². The number of anilines is 2. The number of aryl methyl sites for hydroxylation is 1. The zero-order valence-electron chi connectivity index (χ0n) is 13.5. The van der Waals surface area contributed by atoms with Gasteiger partial charge in [-0.05, 0) is 50.1 Å². The predicted molar refractivity (Wildman–Crippen MR) is 92.6 cm³/mol. The molecule has 0 spiro atoms. The Balaban J connectivity index is 1.92. The lowest BCUT2D eigenvalue weighted by molar-refractivity contribution is -0.117. The molecule has 2 aromatic carbocycles. The molecule has 2 rings (SSSR count). The van der Waals surface area contributed by atoms with E-state index in [9.17, 15) is 9.59 Å². The minimum Gasteiger partial charge on any atom is -0.326 e. The minimum absolute atomic E-state index is 0.262. The Bertz CT molecular complexity index is 699. The fourth-order valence-corrected chi connectivity index (χ4v) is 2.08. The summed E-state index contributed by atoms with van der Waals surface area (Å²) in [5.74, 6) is -0.262. The second-order valence-corrected chi connectivity index (χ2v) is 5.42. The maximum absolute atomic E-state index is 12.2. The van der Waals surface area contributed by atoms with Crippen molar-refractivity contribution in [2.75, 3.05) is 10.6 Å². The summed E-state index contributed by atoms with van der Waals surface area (Å²) in [5, 5.41) is 8.14. The molecule has 2 aromatic rings.